The molecule has 5 nitrogen and oxygen atoms in total. The number of hydrogen-bond donors (Lipinski definition) is 0. The molecule has 3 heterocycles. The van der Waals surface area contributed by atoms with Crippen LogP contribution in [0.2, 0.25) is 0 Å². The summed E-state index contributed by atoms with van der Waals surface area (Å²) < 4.78 is 5.25. The monoisotopic (exact) mass is 319 g/mol. The number of amides is 1. The summed E-state index contributed by atoms with van der Waals surface area (Å²) in [7, 11) is 0. The van der Waals surface area contributed by atoms with Crippen molar-refractivity contribution in [3.05, 3.63) is 34.1 Å². The summed E-state index contributed by atoms with van der Waals surface area (Å²) in [6.45, 7) is 5.74. The Bertz CT molecular complexity index is 621. The number of piperidine rings is 1. The van der Waals surface area contributed by atoms with Crippen LogP contribution < -0.4 is 0 Å². The molecular formula is C16H21N3O2S. The molecule has 0 spiro atoms. The Hall–Kier alpha value is -1.69. The summed E-state index contributed by atoms with van der Waals surface area (Å²) in [6, 6.07) is 1.79. The van der Waals surface area contributed by atoms with Crippen molar-refractivity contribution in [2.75, 3.05) is 13.1 Å². The molecule has 1 unspecified atom stereocenters. The molecule has 118 valence electrons. The lowest BCUT2D eigenvalue weighted by atomic mass is 9.98. The van der Waals surface area contributed by atoms with E-state index in [1.54, 1.807) is 17.4 Å². The van der Waals surface area contributed by atoms with E-state index in [0.29, 0.717) is 24.1 Å². The molecule has 2 aromatic rings. The maximum absolute atomic E-state index is 12.6. The zero-order chi connectivity index (χ0) is 15.5. The molecule has 2 aromatic heterocycles. The second-order valence-corrected chi connectivity index (χ2v) is 7.17. The van der Waals surface area contributed by atoms with Gasteiger partial charge in [0, 0.05) is 36.7 Å². The fourth-order valence-electron chi connectivity index (χ4n) is 2.88. The van der Waals surface area contributed by atoms with Crippen molar-refractivity contribution in [2.45, 2.75) is 39.0 Å². The molecule has 0 aromatic carbocycles. The molecule has 1 amide bonds. The average Bonchev–Trinajstić information content (AvgIpc) is 3.17. The maximum atomic E-state index is 12.6. The highest BCUT2D eigenvalue weighted by molar-refractivity contribution is 7.09. The Morgan fingerprint density at radius 2 is 2.41 bits per heavy atom. The van der Waals surface area contributed by atoms with Gasteiger partial charge in [0.15, 0.2) is 0 Å². The summed E-state index contributed by atoms with van der Waals surface area (Å²) in [6.07, 6.45) is 4.75. The van der Waals surface area contributed by atoms with Crippen LogP contribution in [0.3, 0.4) is 0 Å². The van der Waals surface area contributed by atoms with Gasteiger partial charge in [-0.15, -0.1) is 11.3 Å². The van der Waals surface area contributed by atoms with E-state index in [1.807, 2.05) is 16.5 Å². The number of carbonyl (C=O) groups is 1. The Morgan fingerprint density at radius 3 is 3.14 bits per heavy atom. The number of thiazole rings is 1. The van der Waals surface area contributed by atoms with E-state index in [9.17, 15) is 4.79 Å². The van der Waals surface area contributed by atoms with Gasteiger partial charge in [0.05, 0.1) is 10.7 Å². The third-order valence-electron chi connectivity index (χ3n) is 3.90. The topological polar surface area (TPSA) is 59.2 Å². The minimum absolute atomic E-state index is 0.0521. The first-order valence-electron chi connectivity index (χ1n) is 7.77. The van der Waals surface area contributed by atoms with Gasteiger partial charge in [-0.3, -0.25) is 4.79 Å². The standard InChI is InChI=1S/C16H21N3O2S/c1-11(2)8-13-9-14(21-18-13)16(20)19-6-3-4-12(10-19)15-17-5-7-22-15/h5,7,9,11-12H,3-4,6,8,10H2,1-2H3. The molecule has 3 rings (SSSR count). The Kier molecular flexibility index (Phi) is 4.57. The van der Waals surface area contributed by atoms with Crippen molar-refractivity contribution < 1.29 is 9.32 Å². The Labute approximate surface area is 134 Å². The molecule has 0 radical (unpaired) electrons. The van der Waals surface area contributed by atoms with Gasteiger partial charge in [0.2, 0.25) is 5.76 Å². The van der Waals surface area contributed by atoms with Crippen molar-refractivity contribution >= 4 is 17.2 Å². The number of hydrogen-bond acceptors (Lipinski definition) is 5. The molecule has 0 N–H and O–H groups in total. The smallest absolute Gasteiger partial charge is 0.292 e. The van der Waals surface area contributed by atoms with Crippen molar-refractivity contribution in [1.82, 2.24) is 15.0 Å². The summed E-state index contributed by atoms with van der Waals surface area (Å²) in [5, 5.41) is 7.12. The van der Waals surface area contributed by atoms with Crippen LogP contribution in [0.1, 0.15) is 53.9 Å². The fourth-order valence-corrected chi connectivity index (χ4v) is 3.65. The second-order valence-electron chi connectivity index (χ2n) is 6.24. The lowest BCUT2D eigenvalue weighted by molar-refractivity contribution is 0.0665. The molecule has 1 aliphatic rings. The van der Waals surface area contributed by atoms with Gasteiger partial charge in [-0.25, -0.2) is 4.98 Å². The molecular weight excluding hydrogens is 298 g/mol. The SMILES string of the molecule is CC(C)Cc1cc(C(=O)N2CCCC(c3nccs3)C2)on1. The van der Waals surface area contributed by atoms with E-state index >= 15 is 0 Å². The predicted octanol–water partition coefficient (Wildman–Crippen LogP) is 3.35. The molecule has 1 saturated heterocycles. The molecule has 0 bridgehead atoms. The average molecular weight is 319 g/mol. The molecule has 1 fully saturated rings. The third kappa shape index (κ3) is 3.38. The zero-order valence-corrected chi connectivity index (χ0v) is 13.8. The van der Waals surface area contributed by atoms with Crippen LogP contribution in [0.4, 0.5) is 0 Å². The minimum Gasteiger partial charge on any atom is -0.351 e. The van der Waals surface area contributed by atoms with Crippen molar-refractivity contribution in [1.29, 1.82) is 0 Å². The van der Waals surface area contributed by atoms with Gasteiger partial charge in [-0.1, -0.05) is 19.0 Å². The van der Waals surface area contributed by atoms with Gasteiger partial charge in [-0.05, 0) is 25.2 Å². The normalized spacial score (nSPS) is 18.9. The van der Waals surface area contributed by atoms with Gasteiger partial charge < -0.3 is 9.42 Å². The van der Waals surface area contributed by atoms with E-state index in [2.05, 4.69) is 24.0 Å². The van der Waals surface area contributed by atoms with Gasteiger partial charge in [-0.2, -0.15) is 0 Å². The van der Waals surface area contributed by atoms with Crippen LogP contribution in [-0.2, 0) is 6.42 Å². The van der Waals surface area contributed by atoms with Crippen LogP contribution in [0.5, 0.6) is 0 Å². The fraction of sp³-hybridized carbons (Fsp3) is 0.562. The van der Waals surface area contributed by atoms with Crippen LogP contribution in [0.25, 0.3) is 0 Å². The summed E-state index contributed by atoms with van der Waals surface area (Å²) in [5.41, 5.74) is 0.854. The van der Waals surface area contributed by atoms with Crippen LogP contribution >= 0.6 is 11.3 Å². The number of aromatic nitrogens is 2. The van der Waals surface area contributed by atoms with E-state index in [0.717, 1.165) is 36.5 Å². The van der Waals surface area contributed by atoms with E-state index < -0.39 is 0 Å². The van der Waals surface area contributed by atoms with Crippen LogP contribution in [0, 0.1) is 5.92 Å². The van der Waals surface area contributed by atoms with Crippen LogP contribution in [-0.4, -0.2) is 34.0 Å². The molecule has 6 heteroatoms. The number of likely N-dealkylation sites (tertiary alicyclic amines) is 1. The van der Waals surface area contributed by atoms with Crippen molar-refractivity contribution in [2.24, 2.45) is 5.92 Å². The van der Waals surface area contributed by atoms with E-state index in [-0.39, 0.29) is 5.91 Å². The molecule has 0 aliphatic carbocycles. The van der Waals surface area contributed by atoms with Gasteiger partial charge in [0.1, 0.15) is 0 Å². The Morgan fingerprint density at radius 1 is 1.55 bits per heavy atom. The third-order valence-corrected chi connectivity index (χ3v) is 4.83. The number of carbonyl (C=O) groups excluding carboxylic acids is 1. The molecule has 1 atom stereocenters. The number of rotatable bonds is 4. The molecule has 22 heavy (non-hydrogen) atoms. The highest BCUT2D eigenvalue weighted by Crippen LogP contribution is 2.29. The number of nitrogens with zero attached hydrogens (tertiary/aromatic N) is 3. The highest BCUT2D eigenvalue weighted by atomic mass is 32.1. The first kappa shape index (κ1) is 15.2. The van der Waals surface area contributed by atoms with E-state index in [1.165, 1.54) is 0 Å². The minimum atomic E-state index is -0.0521. The first-order valence-corrected chi connectivity index (χ1v) is 8.65. The van der Waals surface area contributed by atoms with Crippen molar-refractivity contribution in [3.63, 3.8) is 0 Å². The lowest BCUT2D eigenvalue weighted by Crippen LogP contribution is -2.38. The largest absolute Gasteiger partial charge is 0.351 e. The van der Waals surface area contributed by atoms with Gasteiger partial charge in [0.25, 0.3) is 5.91 Å². The summed E-state index contributed by atoms with van der Waals surface area (Å²) in [5.74, 6) is 1.15. The first-order chi connectivity index (χ1) is 10.6. The van der Waals surface area contributed by atoms with E-state index in [4.69, 9.17) is 4.52 Å². The molecule has 1 aliphatic heterocycles. The highest BCUT2D eigenvalue weighted by Gasteiger charge is 2.28. The zero-order valence-electron chi connectivity index (χ0n) is 13.0. The quantitative estimate of drug-likeness (QED) is 0.867. The second kappa shape index (κ2) is 6.60. The van der Waals surface area contributed by atoms with Gasteiger partial charge >= 0.3 is 0 Å². The summed E-state index contributed by atoms with van der Waals surface area (Å²) >= 11 is 1.67. The lowest BCUT2D eigenvalue weighted by Gasteiger charge is -2.31. The van der Waals surface area contributed by atoms with Crippen molar-refractivity contribution in [3.8, 4) is 0 Å². The Balaban J connectivity index is 1.67. The molecule has 0 saturated carbocycles. The van der Waals surface area contributed by atoms with Crippen LogP contribution in [0.15, 0.2) is 22.2 Å². The predicted molar refractivity (Wildman–Crippen MR) is 85.0 cm³/mol. The summed E-state index contributed by atoms with van der Waals surface area (Å²) in [4.78, 5) is 18.8. The maximum Gasteiger partial charge on any atom is 0.292 e.